The maximum atomic E-state index is 11.0. The van der Waals surface area contributed by atoms with Crippen molar-refractivity contribution in [1.29, 1.82) is 0 Å². The van der Waals surface area contributed by atoms with Gasteiger partial charge in [-0.2, -0.15) is 0 Å². The Hall–Kier alpha value is -0.910. The minimum absolute atomic E-state index is 0.524. The van der Waals surface area contributed by atoms with E-state index in [-0.39, 0.29) is 0 Å². The third-order valence-corrected chi connectivity index (χ3v) is 6.41. The van der Waals surface area contributed by atoms with Gasteiger partial charge >= 0.3 is 0 Å². The third-order valence-electron chi connectivity index (χ3n) is 6.41. The fraction of sp³-hybridized carbons (Fsp3) is 0.850. The van der Waals surface area contributed by atoms with Crippen LogP contribution >= 0.6 is 0 Å². The molecule has 0 spiro atoms. The number of imidazole rings is 1. The smallest absolute Gasteiger partial charge is 0.106 e. The zero-order valence-corrected chi connectivity index (χ0v) is 15.6. The number of piperidine rings is 1. The molecule has 2 saturated heterocycles. The number of hydrogen-bond donors (Lipinski definition) is 2. The molecule has 1 saturated carbocycles. The van der Waals surface area contributed by atoms with E-state index < -0.39 is 5.60 Å². The van der Waals surface area contributed by atoms with Crippen molar-refractivity contribution in [3.8, 4) is 0 Å². The number of aromatic nitrogens is 2. The van der Waals surface area contributed by atoms with Gasteiger partial charge in [-0.25, -0.2) is 4.98 Å². The summed E-state index contributed by atoms with van der Waals surface area (Å²) in [5.74, 6) is 1.99. The first-order valence-electron chi connectivity index (χ1n) is 10.4. The number of nitrogens with one attached hydrogen (secondary N) is 1. The summed E-state index contributed by atoms with van der Waals surface area (Å²) in [6, 6.07) is 0. The lowest BCUT2D eigenvalue weighted by atomic mass is 10.0. The zero-order chi connectivity index (χ0) is 17.1. The summed E-state index contributed by atoms with van der Waals surface area (Å²) in [7, 11) is 0. The first-order chi connectivity index (χ1) is 12.2. The first-order valence-corrected chi connectivity index (χ1v) is 10.4. The standard InChI is InChI=1S/C20H34N4O/c25-20(15-23-9-4-1-5-10-23)8-11-24(16-20)14-18-13-21-19(22-18)12-17-6-2-3-7-17/h13,17,25H,1-12,14-16H2,(H,21,22)/t20-/m0/s1. The summed E-state index contributed by atoms with van der Waals surface area (Å²) in [6.45, 7) is 5.84. The van der Waals surface area contributed by atoms with Crippen LogP contribution in [0, 0.1) is 5.92 Å². The van der Waals surface area contributed by atoms with Crippen LogP contribution in [0.25, 0.3) is 0 Å². The predicted molar refractivity (Wildman–Crippen MR) is 99.4 cm³/mol. The van der Waals surface area contributed by atoms with Gasteiger partial charge < -0.3 is 15.0 Å². The predicted octanol–water partition coefficient (Wildman–Crippen LogP) is 2.57. The van der Waals surface area contributed by atoms with Gasteiger partial charge in [0.05, 0.1) is 5.60 Å². The van der Waals surface area contributed by atoms with Gasteiger partial charge in [0.25, 0.3) is 0 Å². The molecule has 3 fully saturated rings. The van der Waals surface area contributed by atoms with E-state index in [9.17, 15) is 5.11 Å². The van der Waals surface area contributed by atoms with Crippen LogP contribution in [0.4, 0.5) is 0 Å². The maximum Gasteiger partial charge on any atom is 0.106 e. The molecule has 2 aliphatic heterocycles. The second-order valence-corrected chi connectivity index (χ2v) is 8.73. The van der Waals surface area contributed by atoms with Crippen molar-refractivity contribution in [3.63, 3.8) is 0 Å². The van der Waals surface area contributed by atoms with E-state index >= 15 is 0 Å². The van der Waals surface area contributed by atoms with Gasteiger partial charge in [-0.3, -0.25) is 4.90 Å². The number of aromatic amines is 1. The molecule has 3 heterocycles. The molecule has 140 valence electrons. The molecule has 0 amide bonds. The normalized spacial score (nSPS) is 29.6. The van der Waals surface area contributed by atoms with Crippen LogP contribution in [0.3, 0.4) is 0 Å². The summed E-state index contributed by atoms with van der Waals surface area (Å²) in [6.07, 6.45) is 13.5. The molecule has 2 N–H and O–H groups in total. The average molecular weight is 347 g/mol. The topological polar surface area (TPSA) is 55.4 Å². The maximum absolute atomic E-state index is 11.0. The molecule has 5 heteroatoms. The average Bonchev–Trinajstić information content (AvgIpc) is 3.33. The Kier molecular flexibility index (Phi) is 5.44. The van der Waals surface area contributed by atoms with E-state index in [1.54, 1.807) is 0 Å². The van der Waals surface area contributed by atoms with Gasteiger partial charge in [-0.1, -0.05) is 32.1 Å². The molecule has 0 radical (unpaired) electrons. The van der Waals surface area contributed by atoms with E-state index in [2.05, 4.69) is 19.8 Å². The fourth-order valence-corrected chi connectivity index (χ4v) is 5.06. The summed E-state index contributed by atoms with van der Waals surface area (Å²) < 4.78 is 0. The number of hydrogen-bond acceptors (Lipinski definition) is 4. The number of aliphatic hydroxyl groups is 1. The van der Waals surface area contributed by atoms with Crippen molar-refractivity contribution in [1.82, 2.24) is 19.8 Å². The van der Waals surface area contributed by atoms with Crippen LogP contribution in [0.1, 0.15) is 62.9 Å². The van der Waals surface area contributed by atoms with Crippen molar-refractivity contribution >= 4 is 0 Å². The number of nitrogens with zero attached hydrogens (tertiary/aromatic N) is 3. The largest absolute Gasteiger partial charge is 0.387 e. The van der Waals surface area contributed by atoms with Crippen molar-refractivity contribution in [2.24, 2.45) is 5.92 Å². The molecule has 0 bridgehead atoms. The third kappa shape index (κ3) is 4.63. The van der Waals surface area contributed by atoms with Crippen molar-refractivity contribution in [3.05, 3.63) is 17.7 Å². The SMILES string of the molecule is O[C@]1(CN2CCCCC2)CCN(Cc2cnc(CC3CCCC3)[nH]2)C1. The van der Waals surface area contributed by atoms with Gasteiger partial charge in [-0.05, 0) is 38.3 Å². The van der Waals surface area contributed by atoms with Gasteiger partial charge in [0.2, 0.25) is 0 Å². The second-order valence-electron chi connectivity index (χ2n) is 8.73. The van der Waals surface area contributed by atoms with E-state index in [1.165, 1.54) is 50.6 Å². The van der Waals surface area contributed by atoms with Crippen LogP contribution in [-0.4, -0.2) is 63.2 Å². The summed E-state index contributed by atoms with van der Waals surface area (Å²) in [5.41, 5.74) is 0.680. The van der Waals surface area contributed by atoms with Crippen LogP contribution < -0.4 is 0 Å². The highest BCUT2D eigenvalue weighted by Gasteiger charge is 2.37. The molecule has 1 aromatic rings. The molecule has 0 unspecified atom stereocenters. The molecule has 1 aromatic heterocycles. The van der Waals surface area contributed by atoms with E-state index in [1.807, 2.05) is 6.20 Å². The molecule has 1 atom stereocenters. The Labute approximate surface area is 151 Å². The number of likely N-dealkylation sites (tertiary alicyclic amines) is 2. The van der Waals surface area contributed by atoms with E-state index in [0.29, 0.717) is 0 Å². The highest BCUT2D eigenvalue weighted by Crippen LogP contribution is 2.28. The first kappa shape index (κ1) is 17.5. The van der Waals surface area contributed by atoms with Gasteiger partial charge in [0.15, 0.2) is 0 Å². The summed E-state index contributed by atoms with van der Waals surface area (Å²) in [4.78, 5) is 13.0. The lowest BCUT2D eigenvalue weighted by Crippen LogP contribution is -2.46. The van der Waals surface area contributed by atoms with Gasteiger partial charge in [-0.15, -0.1) is 0 Å². The van der Waals surface area contributed by atoms with Gasteiger partial charge in [0, 0.05) is 44.5 Å². The Morgan fingerprint density at radius 3 is 2.68 bits per heavy atom. The summed E-state index contributed by atoms with van der Waals surface area (Å²) >= 11 is 0. The fourth-order valence-electron chi connectivity index (χ4n) is 5.06. The number of rotatable bonds is 6. The molecule has 4 rings (SSSR count). The van der Waals surface area contributed by atoms with Crippen LogP contribution in [0.2, 0.25) is 0 Å². The molecule has 1 aliphatic carbocycles. The lowest BCUT2D eigenvalue weighted by molar-refractivity contribution is 0.00628. The molecule has 3 aliphatic rings. The van der Waals surface area contributed by atoms with Crippen molar-refractivity contribution < 1.29 is 5.11 Å². The highest BCUT2D eigenvalue weighted by molar-refractivity contribution is 5.04. The minimum atomic E-state index is -0.524. The molecular formula is C20H34N4O. The highest BCUT2D eigenvalue weighted by atomic mass is 16.3. The Morgan fingerprint density at radius 1 is 1.08 bits per heavy atom. The minimum Gasteiger partial charge on any atom is -0.387 e. The van der Waals surface area contributed by atoms with E-state index in [4.69, 9.17) is 0 Å². The van der Waals surface area contributed by atoms with Crippen molar-refractivity contribution in [2.75, 3.05) is 32.7 Å². The Morgan fingerprint density at radius 2 is 1.88 bits per heavy atom. The van der Waals surface area contributed by atoms with E-state index in [0.717, 1.165) is 63.9 Å². The molecule has 0 aromatic carbocycles. The monoisotopic (exact) mass is 346 g/mol. The summed E-state index contributed by atoms with van der Waals surface area (Å²) in [5, 5.41) is 11.0. The second kappa shape index (κ2) is 7.77. The van der Waals surface area contributed by atoms with Crippen LogP contribution in [0.15, 0.2) is 6.20 Å². The number of β-amino-alcohol motifs (C(OH)–C–C–N with tert-alkyl or cyclic N) is 1. The van der Waals surface area contributed by atoms with Crippen LogP contribution in [-0.2, 0) is 13.0 Å². The Bertz CT molecular complexity index is 548. The zero-order valence-electron chi connectivity index (χ0n) is 15.6. The van der Waals surface area contributed by atoms with Gasteiger partial charge in [0.1, 0.15) is 5.82 Å². The lowest BCUT2D eigenvalue weighted by Gasteiger charge is -2.33. The Balaban J connectivity index is 1.26. The molecule has 25 heavy (non-hydrogen) atoms. The van der Waals surface area contributed by atoms with Crippen molar-refractivity contribution in [2.45, 2.75) is 69.9 Å². The van der Waals surface area contributed by atoms with Crippen LogP contribution in [0.5, 0.6) is 0 Å². The number of H-pyrrole nitrogens is 1. The quantitative estimate of drug-likeness (QED) is 0.831. The molecular weight excluding hydrogens is 312 g/mol. The molecule has 5 nitrogen and oxygen atoms in total.